The second-order valence-corrected chi connectivity index (χ2v) is 5.60. The van der Waals surface area contributed by atoms with Crippen LogP contribution < -0.4 is 5.32 Å². The van der Waals surface area contributed by atoms with E-state index in [1.54, 1.807) is 12.1 Å². The molecule has 2 nitrogen and oxygen atoms in total. The SMILES string of the molecule is CCNCC(OC1CCCCCC1)c1cccc(F)c1. The van der Waals surface area contributed by atoms with Crippen molar-refractivity contribution in [2.24, 2.45) is 0 Å². The molecule has 0 heterocycles. The van der Waals surface area contributed by atoms with Gasteiger partial charge >= 0.3 is 0 Å². The lowest BCUT2D eigenvalue weighted by molar-refractivity contribution is -0.0200. The molecule has 0 aliphatic heterocycles. The number of benzene rings is 1. The van der Waals surface area contributed by atoms with Gasteiger partial charge in [0, 0.05) is 6.54 Å². The van der Waals surface area contributed by atoms with E-state index in [1.807, 2.05) is 6.07 Å². The summed E-state index contributed by atoms with van der Waals surface area (Å²) in [6.45, 7) is 3.73. The van der Waals surface area contributed by atoms with Crippen LogP contribution in [0.1, 0.15) is 57.1 Å². The molecule has 0 amide bonds. The lowest BCUT2D eigenvalue weighted by Gasteiger charge is -2.25. The Labute approximate surface area is 121 Å². The number of nitrogens with one attached hydrogen (secondary N) is 1. The first-order chi connectivity index (χ1) is 9.79. The van der Waals surface area contributed by atoms with E-state index < -0.39 is 0 Å². The van der Waals surface area contributed by atoms with Gasteiger partial charge in [-0.3, -0.25) is 0 Å². The third-order valence-corrected chi connectivity index (χ3v) is 3.96. The van der Waals surface area contributed by atoms with Gasteiger partial charge in [0.1, 0.15) is 5.82 Å². The molecule has 112 valence electrons. The second-order valence-electron chi connectivity index (χ2n) is 5.60. The summed E-state index contributed by atoms with van der Waals surface area (Å²) in [5.41, 5.74) is 0.940. The lowest BCUT2D eigenvalue weighted by Crippen LogP contribution is -2.26. The zero-order valence-electron chi connectivity index (χ0n) is 12.4. The first-order valence-corrected chi connectivity index (χ1v) is 7.91. The van der Waals surface area contributed by atoms with Crippen molar-refractivity contribution in [3.05, 3.63) is 35.6 Å². The van der Waals surface area contributed by atoms with Crippen molar-refractivity contribution in [2.45, 2.75) is 57.7 Å². The molecule has 1 fully saturated rings. The van der Waals surface area contributed by atoms with Gasteiger partial charge in [-0.05, 0) is 37.1 Å². The molecule has 2 rings (SSSR count). The molecular weight excluding hydrogens is 253 g/mol. The average molecular weight is 279 g/mol. The maximum atomic E-state index is 13.4. The topological polar surface area (TPSA) is 21.3 Å². The van der Waals surface area contributed by atoms with Crippen LogP contribution >= 0.6 is 0 Å². The number of hydrogen-bond donors (Lipinski definition) is 1. The third-order valence-electron chi connectivity index (χ3n) is 3.96. The minimum Gasteiger partial charge on any atom is -0.369 e. The fourth-order valence-corrected chi connectivity index (χ4v) is 2.84. The van der Waals surface area contributed by atoms with E-state index in [2.05, 4.69) is 12.2 Å². The average Bonchev–Trinajstić information content (AvgIpc) is 2.72. The Morgan fingerprint density at radius 2 is 2.00 bits per heavy atom. The number of ether oxygens (including phenoxy) is 1. The van der Waals surface area contributed by atoms with Crippen LogP contribution in [0.15, 0.2) is 24.3 Å². The number of rotatable bonds is 6. The van der Waals surface area contributed by atoms with Gasteiger partial charge in [-0.1, -0.05) is 44.7 Å². The maximum absolute atomic E-state index is 13.4. The maximum Gasteiger partial charge on any atom is 0.123 e. The Hall–Kier alpha value is -0.930. The van der Waals surface area contributed by atoms with Gasteiger partial charge in [-0.25, -0.2) is 4.39 Å². The fourth-order valence-electron chi connectivity index (χ4n) is 2.84. The monoisotopic (exact) mass is 279 g/mol. The first kappa shape index (κ1) is 15.5. The predicted octanol–water partition coefficient (Wildman–Crippen LogP) is 4.22. The fraction of sp³-hybridized carbons (Fsp3) is 0.647. The summed E-state index contributed by atoms with van der Waals surface area (Å²) in [7, 11) is 0. The number of hydrogen-bond acceptors (Lipinski definition) is 2. The van der Waals surface area contributed by atoms with E-state index in [4.69, 9.17) is 4.74 Å². The highest BCUT2D eigenvalue weighted by atomic mass is 19.1. The van der Waals surface area contributed by atoms with Crippen LogP contribution in [0, 0.1) is 5.82 Å². The van der Waals surface area contributed by atoms with Crippen LogP contribution in [0.4, 0.5) is 4.39 Å². The Balaban J connectivity index is 2.02. The Bertz CT molecular complexity index is 388. The normalized spacial score (nSPS) is 18.7. The minimum atomic E-state index is -0.187. The van der Waals surface area contributed by atoms with Crippen molar-refractivity contribution in [3.63, 3.8) is 0 Å². The summed E-state index contributed by atoms with van der Waals surface area (Å²) >= 11 is 0. The van der Waals surface area contributed by atoms with E-state index in [0.717, 1.165) is 31.5 Å². The van der Waals surface area contributed by atoms with Crippen LogP contribution in [-0.2, 0) is 4.74 Å². The molecule has 3 heteroatoms. The van der Waals surface area contributed by atoms with E-state index in [9.17, 15) is 4.39 Å². The Kier molecular flexibility index (Phi) is 6.48. The van der Waals surface area contributed by atoms with E-state index in [1.165, 1.54) is 31.7 Å². The second kappa shape index (κ2) is 8.38. The van der Waals surface area contributed by atoms with Crippen molar-refractivity contribution in [3.8, 4) is 0 Å². The van der Waals surface area contributed by atoms with Gasteiger partial charge in [0.15, 0.2) is 0 Å². The van der Waals surface area contributed by atoms with E-state index in [0.29, 0.717) is 6.10 Å². The molecule has 20 heavy (non-hydrogen) atoms. The largest absolute Gasteiger partial charge is 0.369 e. The molecular formula is C17H26FNO. The summed E-state index contributed by atoms with van der Waals surface area (Å²) in [5.74, 6) is -0.187. The quantitative estimate of drug-likeness (QED) is 0.787. The highest BCUT2D eigenvalue weighted by Crippen LogP contribution is 2.26. The molecule has 1 saturated carbocycles. The predicted molar refractivity (Wildman–Crippen MR) is 80.3 cm³/mol. The van der Waals surface area contributed by atoms with Crippen LogP contribution in [0.3, 0.4) is 0 Å². The van der Waals surface area contributed by atoms with Crippen molar-refractivity contribution in [2.75, 3.05) is 13.1 Å². The molecule has 1 aliphatic rings. The summed E-state index contributed by atoms with van der Waals surface area (Å²) in [4.78, 5) is 0. The minimum absolute atomic E-state index is 0.0475. The van der Waals surface area contributed by atoms with Gasteiger partial charge in [-0.15, -0.1) is 0 Å². The van der Waals surface area contributed by atoms with Crippen LogP contribution in [0.5, 0.6) is 0 Å². The summed E-state index contributed by atoms with van der Waals surface area (Å²) in [6.07, 6.45) is 7.69. The van der Waals surface area contributed by atoms with Gasteiger partial charge < -0.3 is 10.1 Å². The van der Waals surface area contributed by atoms with Crippen molar-refractivity contribution in [1.29, 1.82) is 0 Å². The van der Waals surface area contributed by atoms with Gasteiger partial charge in [0.2, 0.25) is 0 Å². The lowest BCUT2D eigenvalue weighted by atomic mass is 10.1. The highest BCUT2D eigenvalue weighted by Gasteiger charge is 2.19. The Morgan fingerprint density at radius 3 is 2.65 bits per heavy atom. The molecule has 0 bridgehead atoms. The smallest absolute Gasteiger partial charge is 0.123 e. The standard InChI is InChI=1S/C17H26FNO/c1-2-19-13-17(14-8-7-9-15(18)12-14)20-16-10-5-3-4-6-11-16/h7-9,12,16-17,19H,2-6,10-11,13H2,1H3. The van der Waals surface area contributed by atoms with Crippen molar-refractivity contribution < 1.29 is 9.13 Å². The zero-order valence-corrected chi connectivity index (χ0v) is 12.4. The van der Waals surface area contributed by atoms with Gasteiger partial charge in [0.25, 0.3) is 0 Å². The van der Waals surface area contributed by atoms with E-state index >= 15 is 0 Å². The molecule has 1 aromatic carbocycles. The molecule has 1 unspecified atom stereocenters. The first-order valence-electron chi connectivity index (χ1n) is 7.91. The number of likely N-dealkylation sites (N-methyl/N-ethyl adjacent to an activating group) is 1. The van der Waals surface area contributed by atoms with Crippen LogP contribution in [-0.4, -0.2) is 19.2 Å². The zero-order chi connectivity index (χ0) is 14.2. The Morgan fingerprint density at radius 1 is 1.25 bits per heavy atom. The molecule has 1 atom stereocenters. The summed E-state index contributed by atoms with van der Waals surface area (Å²) in [5, 5.41) is 3.32. The summed E-state index contributed by atoms with van der Waals surface area (Å²) < 4.78 is 19.7. The van der Waals surface area contributed by atoms with Crippen molar-refractivity contribution >= 4 is 0 Å². The molecule has 1 aromatic rings. The van der Waals surface area contributed by atoms with Gasteiger partial charge in [0.05, 0.1) is 12.2 Å². The molecule has 0 saturated heterocycles. The van der Waals surface area contributed by atoms with E-state index in [-0.39, 0.29) is 11.9 Å². The molecule has 0 radical (unpaired) electrons. The highest BCUT2D eigenvalue weighted by molar-refractivity contribution is 5.19. The van der Waals surface area contributed by atoms with Gasteiger partial charge in [-0.2, -0.15) is 0 Å². The van der Waals surface area contributed by atoms with Crippen LogP contribution in [0.25, 0.3) is 0 Å². The summed E-state index contributed by atoms with van der Waals surface area (Å²) in [6, 6.07) is 6.81. The molecule has 0 spiro atoms. The third kappa shape index (κ3) is 4.88. The molecule has 1 aliphatic carbocycles. The molecule has 0 aromatic heterocycles. The number of halogens is 1. The van der Waals surface area contributed by atoms with Crippen molar-refractivity contribution in [1.82, 2.24) is 5.32 Å². The van der Waals surface area contributed by atoms with Crippen LogP contribution in [0.2, 0.25) is 0 Å². The molecule has 1 N–H and O–H groups in total.